The van der Waals surface area contributed by atoms with Crippen LogP contribution >= 0.6 is 0 Å². The summed E-state index contributed by atoms with van der Waals surface area (Å²) in [6.07, 6.45) is 4.09. The van der Waals surface area contributed by atoms with E-state index in [1.54, 1.807) is 0 Å². The van der Waals surface area contributed by atoms with Crippen LogP contribution in [0.3, 0.4) is 0 Å². The highest BCUT2D eigenvalue weighted by molar-refractivity contribution is 5.98. The Hall–Kier alpha value is -1.12. The zero-order valence-corrected chi connectivity index (χ0v) is 8.71. The van der Waals surface area contributed by atoms with Gasteiger partial charge in [-0.2, -0.15) is 0 Å². The fourth-order valence-electron chi connectivity index (χ4n) is 1.41. The first-order valence-electron chi connectivity index (χ1n) is 5.04. The van der Waals surface area contributed by atoms with E-state index < -0.39 is 6.10 Å². The van der Waals surface area contributed by atoms with Crippen molar-refractivity contribution >= 4 is 11.6 Å². The summed E-state index contributed by atoms with van der Waals surface area (Å²) in [4.78, 5) is 22.1. The summed E-state index contributed by atoms with van der Waals surface area (Å²) in [5.74, 6) is 0.669. The summed E-state index contributed by atoms with van der Waals surface area (Å²) in [6, 6.07) is 0. The maximum absolute atomic E-state index is 11.3. The summed E-state index contributed by atoms with van der Waals surface area (Å²) in [5.41, 5.74) is 0. The lowest BCUT2D eigenvalue weighted by Gasteiger charge is -2.09. The van der Waals surface area contributed by atoms with Gasteiger partial charge < -0.3 is 4.74 Å². The van der Waals surface area contributed by atoms with Crippen LogP contribution in [0.15, 0.2) is 11.8 Å². The van der Waals surface area contributed by atoms with E-state index >= 15 is 0 Å². The number of carbonyl (C=O) groups is 2. The standard InChI is InChI=1S/C11H16O3/c1-3-4-5-9-7-10(13)11(14-9)6-8(2)12/h7,11H,3-6H2,1-2H3. The van der Waals surface area contributed by atoms with Crippen molar-refractivity contribution in [1.82, 2.24) is 0 Å². The first kappa shape index (κ1) is 11.0. The van der Waals surface area contributed by atoms with Gasteiger partial charge >= 0.3 is 0 Å². The highest BCUT2D eigenvalue weighted by Gasteiger charge is 2.27. The number of allylic oxidation sites excluding steroid dienone is 1. The second-order valence-electron chi connectivity index (χ2n) is 3.63. The Bertz CT molecular complexity index is 266. The lowest BCUT2D eigenvalue weighted by Crippen LogP contribution is -2.19. The van der Waals surface area contributed by atoms with Crippen LogP contribution in [0.5, 0.6) is 0 Å². The highest BCUT2D eigenvalue weighted by atomic mass is 16.5. The van der Waals surface area contributed by atoms with Crippen molar-refractivity contribution in [3.05, 3.63) is 11.8 Å². The van der Waals surface area contributed by atoms with Crippen LogP contribution in [0.4, 0.5) is 0 Å². The molecule has 0 aliphatic carbocycles. The van der Waals surface area contributed by atoms with Crippen LogP contribution in [-0.4, -0.2) is 17.7 Å². The maximum Gasteiger partial charge on any atom is 0.199 e. The average molecular weight is 196 g/mol. The molecule has 14 heavy (non-hydrogen) atoms. The van der Waals surface area contributed by atoms with Gasteiger partial charge in [0.15, 0.2) is 11.9 Å². The number of hydrogen-bond acceptors (Lipinski definition) is 3. The first-order valence-corrected chi connectivity index (χ1v) is 5.04. The summed E-state index contributed by atoms with van der Waals surface area (Å²) in [5, 5.41) is 0. The van der Waals surface area contributed by atoms with E-state index in [4.69, 9.17) is 4.74 Å². The van der Waals surface area contributed by atoms with Gasteiger partial charge in [-0.15, -0.1) is 0 Å². The molecule has 3 heteroatoms. The predicted molar refractivity (Wildman–Crippen MR) is 52.8 cm³/mol. The molecule has 0 aromatic rings. The molecule has 1 aliphatic rings. The first-order chi connectivity index (χ1) is 6.63. The molecule has 0 aromatic carbocycles. The van der Waals surface area contributed by atoms with E-state index in [-0.39, 0.29) is 18.0 Å². The number of carbonyl (C=O) groups excluding carboxylic acids is 2. The third-order valence-electron chi connectivity index (χ3n) is 2.16. The molecule has 0 fully saturated rings. The lowest BCUT2D eigenvalue weighted by atomic mass is 10.1. The largest absolute Gasteiger partial charge is 0.486 e. The molecular formula is C11H16O3. The quantitative estimate of drug-likeness (QED) is 0.675. The number of ether oxygens (including phenoxy) is 1. The Balaban J connectivity index is 2.42. The van der Waals surface area contributed by atoms with Gasteiger partial charge in [0.05, 0.1) is 6.42 Å². The molecule has 0 bridgehead atoms. The van der Waals surface area contributed by atoms with Crippen LogP contribution in [0.1, 0.15) is 39.5 Å². The molecule has 78 valence electrons. The molecule has 1 aliphatic heterocycles. The molecule has 0 saturated carbocycles. The molecule has 0 saturated heterocycles. The minimum atomic E-state index is -0.542. The zero-order valence-electron chi connectivity index (χ0n) is 8.71. The number of ketones is 2. The number of hydrogen-bond donors (Lipinski definition) is 0. The van der Waals surface area contributed by atoms with Crippen molar-refractivity contribution in [2.24, 2.45) is 0 Å². The Kier molecular flexibility index (Phi) is 3.86. The summed E-state index contributed by atoms with van der Waals surface area (Å²) < 4.78 is 5.38. The third-order valence-corrected chi connectivity index (χ3v) is 2.16. The van der Waals surface area contributed by atoms with E-state index in [0.717, 1.165) is 25.0 Å². The van der Waals surface area contributed by atoms with Gasteiger partial charge in [-0.1, -0.05) is 13.3 Å². The minimum absolute atomic E-state index is 0.00603. The second kappa shape index (κ2) is 4.94. The van der Waals surface area contributed by atoms with E-state index in [1.165, 1.54) is 13.0 Å². The van der Waals surface area contributed by atoms with Gasteiger partial charge in [0.1, 0.15) is 11.5 Å². The molecule has 3 nitrogen and oxygen atoms in total. The van der Waals surface area contributed by atoms with Gasteiger partial charge in [0, 0.05) is 12.5 Å². The van der Waals surface area contributed by atoms with Gasteiger partial charge in [0.25, 0.3) is 0 Å². The molecule has 0 radical (unpaired) electrons. The minimum Gasteiger partial charge on any atom is -0.486 e. The van der Waals surface area contributed by atoms with Gasteiger partial charge in [-0.05, 0) is 13.3 Å². The third kappa shape index (κ3) is 2.98. The molecule has 1 atom stereocenters. The average Bonchev–Trinajstić information content (AvgIpc) is 2.43. The molecule has 0 N–H and O–H groups in total. The fraction of sp³-hybridized carbons (Fsp3) is 0.636. The molecule has 1 unspecified atom stereocenters. The Morgan fingerprint density at radius 3 is 2.86 bits per heavy atom. The van der Waals surface area contributed by atoms with Crippen LogP contribution in [-0.2, 0) is 14.3 Å². The predicted octanol–water partition coefficient (Wildman–Crippen LogP) is 2.01. The fourth-order valence-corrected chi connectivity index (χ4v) is 1.41. The Morgan fingerprint density at radius 1 is 1.57 bits per heavy atom. The van der Waals surface area contributed by atoms with Crippen LogP contribution in [0.2, 0.25) is 0 Å². The molecule has 0 aromatic heterocycles. The van der Waals surface area contributed by atoms with Crippen LogP contribution < -0.4 is 0 Å². The molecular weight excluding hydrogens is 180 g/mol. The van der Waals surface area contributed by atoms with Crippen molar-refractivity contribution in [1.29, 1.82) is 0 Å². The maximum atomic E-state index is 11.3. The number of Topliss-reactive ketones (excluding diaryl/α,β-unsaturated/α-hetero) is 1. The number of rotatable bonds is 5. The van der Waals surface area contributed by atoms with Gasteiger partial charge in [-0.25, -0.2) is 0 Å². The van der Waals surface area contributed by atoms with Crippen LogP contribution in [0, 0.1) is 0 Å². The summed E-state index contributed by atoms with van der Waals surface area (Å²) >= 11 is 0. The van der Waals surface area contributed by atoms with E-state index in [0.29, 0.717) is 0 Å². The van der Waals surface area contributed by atoms with E-state index in [1.807, 2.05) is 0 Å². The van der Waals surface area contributed by atoms with Crippen molar-refractivity contribution in [3.8, 4) is 0 Å². The Morgan fingerprint density at radius 2 is 2.29 bits per heavy atom. The van der Waals surface area contributed by atoms with Crippen molar-refractivity contribution < 1.29 is 14.3 Å². The second-order valence-corrected chi connectivity index (χ2v) is 3.63. The SMILES string of the molecule is CCCCC1=CC(=O)C(CC(C)=O)O1. The molecule has 0 spiro atoms. The monoisotopic (exact) mass is 196 g/mol. The van der Waals surface area contributed by atoms with E-state index in [2.05, 4.69) is 6.92 Å². The lowest BCUT2D eigenvalue weighted by molar-refractivity contribution is -0.127. The summed E-state index contributed by atoms with van der Waals surface area (Å²) in [6.45, 7) is 3.56. The van der Waals surface area contributed by atoms with Crippen LogP contribution in [0.25, 0.3) is 0 Å². The van der Waals surface area contributed by atoms with Gasteiger partial charge in [0.2, 0.25) is 0 Å². The van der Waals surface area contributed by atoms with Gasteiger partial charge in [-0.3, -0.25) is 9.59 Å². The Labute approximate surface area is 84.1 Å². The zero-order chi connectivity index (χ0) is 10.6. The summed E-state index contributed by atoms with van der Waals surface area (Å²) in [7, 11) is 0. The number of unbranched alkanes of at least 4 members (excludes halogenated alkanes) is 1. The van der Waals surface area contributed by atoms with E-state index in [9.17, 15) is 9.59 Å². The topological polar surface area (TPSA) is 43.4 Å². The molecule has 1 rings (SSSR count). The van der Waals surface area contributed by atoms with Crippen molar-refractivity contribution in [3.63, 3.8) is 0 Å². The smallest absolute Gasteiger partial charge is 0.199 e. The van der Waals surface area contributed by atoms with Crippen molar-refractivity contribution in [2.45, 2.75) is 45.6 Å². The molecule has 0 amide bonds. The normalized spacial score (nSPS) is 20.6. The molecule has 1 heterocycles. The highest BCUT2D eigenvalue weighted by Crippen LogP contribution is 2.21. The van der Waals surface area contributed by atoms with Crippen molar-refractivity contribution in [2.75, 3.05) is 0 Å².